The molecule has 0 spiro atoms. The van der Waals surface area contributed by atoms with Crippen LogP contribution in [0.3, 0.4) is 0 Å². The van der Waals surface area contributed by atoms with Crippen LogP contribution in [0.1, 0.15) is 287 Å². The van der Waals surface area contributed by atoms with Crippen LogP contribution in [0, 0.1) is 5.41 Å². The van der Waals surface area contributed by atoms with Crippen molar-refractivity contribution in [2.45, 2.75) is 316 Å². The summed E-state index contributed by atoms with van der Waals surface area (Å²) in [4.78, 5) is 16.1. The second-order valence-electron chi connectivity index (χ2n) is 19.9. The fourth-order valence-corrected chi connectivity index (χ4v) is 17.5. The quantitative estimate of drug-likeness (QED) is 0.0313. The van der Waals surface area contributed by atoms with Gasteiger partial charge in [-0.25, -0.2) is 4.79 Å². The summed E-state index contributed by atoms with van der Waals surface area (Å²) in [7, 11) is 0. The van der Waals surface area contributed by atoms with Crippen LogP contribution in [-0.2, 0) is 9.53 Å². The van der Waals surface area contributed by atoms with Crippen molar-refractivity contribution < 1.29 is 24.9 Å². The number of aliphatic hydroxyl groups is 3. The van der Waals surface area contributed by atoms with Crippen LogP contribution >= 0.6 is 47.0 Å². The average molecular weight is 994 g/mol. The zero-order chi connectivity index (χ0) is 48.3. The topological polar surface area (TPSA) is 87.0 Å². The van der Waals surface area contributed by atoms with Crippen molar-refractivity contribution >= 4 is 53.0 Å². The maximum Gasteiger partial charge on any atom is 0.334 e. The summed E-state index contributed by atoms with van der Waals surface area (Å²) in [6, 6.07) is 0. The number of hydrogen-bond donors (Lipinski definition) is 3. The van der Waals surface area contributed by atoms with E-state index in [9.17, 15) is 15.3 Å². The molecular weight excluding hydrogens is 881 g/mol. The van der Waals surface area contributed by atoms with E-state index in [0.717, 1.165) is 25.7 Å². The van der Waals surface area contributed by atoms with Gasteiger partial charge in [0, 0.05) is 21.0 Å². The predicted molar refractivity (Wildman–Crippen MR) is 298 cm³/mol. The van der Waals surface area contributed by atoms with Crippen LogP contribution in [0.15, 0.2) is 0 Å². The van der Waals surface area contributed by atoms with Crippen molar-refractivity contribution in [3.05, 3.63) is 0 Å². The van der Waals surface area contributed by atoms with Crippen LogP contribution in [0.2, 0.25) is 0 Å². The monoisotopic (exact) mass is 993 g/mol. The Labute approximate surface area is 423 Å². The largest absolute Gasteiger partial charge is 0.463 e. The van der Waals surface area contributed by atoms with Gasteiger partial charge >= 0.3 is 5.97 Å². The molecule has 0 aromatic rings. The molecule has 65 heavy (non-hydrogen) atoms. The van der Waals surface area contributed by atoms with Gasteiger partial charge in [0.15, 0.2) is 4.08 Å². The average Bonchev–Trinajstić information content (AvgIpc) is 3.31. The first-order valence-electron chi connectivity index (χ1n) is 28.3. The molecule has 0 aliphatic heterocycles. The Bertz CT molecular complexity index is 951. The number of rotatable bonds is 51. The summed E-state index contributed by atoms with van der Waals surface area (Å²) in [5.74, 6) is -0.170. The number of thioether (sulfide) groups is 4. The number of carbonyl (C=O) groups is 1. The highest BCUT2D eigenvalue weighted by Gasteiger charge is 2.53. The minimum Gasteiger partial charge on any atom is -0.463 e. The molecule has 0 aromatic carbocycles. The predicted octanol–water partition coefficient (Wildman–Crippen LogP) is 18.1. The molecule has 390 valence electrons. The molecule has 0 heterocycles. The molecule has 0 aliphatic carbocycles. The molecule has 0 bridgehead atoms. The molecule has 4 atom stereocenters. The minimum absolute atomic E-state index is 0.0129. The maximum absolute atomic E-state index is 16.1. The lowest BCUT2D eigenvalue weighted by molar-refractivity contribution is -0.151. The molecule has 3 N–H and O–H groups in total. The molecule has 9 heteroatoms. The Balaban J connectivity index is 8.32. The standard InChI is InChI=1S/C56H112O5S4/c1-9-17-25-33-39-49(37-29-21-13-5)62-54(63-50(38-30-22-14-6)40-34-26-18-10-2)56(53(60)61-48-55(45-57,46-58)47-59,64-51(41-31-23-15-7)43-35-27-19-11-3)65-52(42-32-24-16-8)44-36-28-20-12-4/h49-52,54,57-59H,9-48H2,1-8H3. The number of unbranched alkanes of at least 4 members (excludes halogenated alkanes) is 20. The van der Waals surface area contributed by atoms with Gasteiger partial charge < -0.3 is 20.1 Å². The van der Waals surface area contributed by atoms with Crippen molar-refractivity contribution in [1.29, 1.82) is 0 Å². The van der Waals surface area contributed by atoms with E-state index in [-0.39, 0.29) is 17.2 Å². The molecule has 0 aromatic heterocycles. The van der Waals surface area contributed by atoms with E-state index < -0.39 is 29.3 Å². The van der Waals surface area contributed by atoms with Crippen LogP contribution in [0.4, 0.5) is 0 Å². The SMILES string of the molecule is CCCCCCC(CCCCC)SC(SC(CCCCC)CCCCCC)C(SC(CCCCC)CCCCCC)(SC(CCCCC)CCCCCC)C(=O)OCC(CO)(CO)CO. The molecule has 4 unspecified atom stereocenters. The Morgan fingerprint density at radius 2 is 0.631 bits per heavy atom. The van der Waals surface area contributed by atoms with Gasteiger partial charge in [0.25, 0.3) is 0 Å². The van der Waals surface area contributed by atoms with Crippen LogP contribution in [-0.4, -0.2) is 77.4 Å². The van der Waals surface area contributed by atoms with Gasteiger partial charge in [-0.2, -0.15) is 0 Å². The summed E-state index contributed by atoms with van der Waals surface area (Å²) in [6.45, 7) is 17.0. The summed E-state index contributed by atoms with van der Waals surface area (Å²) in [5.41, 5.74) is -1.28. The van der Waals surface area contributed by atoms with Crippen LogP contribution in [0.25, 0.3) is 0 Å². The van der Waals surface area contributed by atoms with Gasteiger partial charge in [-0.1, -0.05) is 235 Å². The minimum atomic E-state index is -1.28. The van der Waals surface area contributed by atoms with Gasteiger partial charge in [-0.3, -0.25) is 0 Å². The Kier molecular flexibility index (Phi) is 46.4. The first kappa shape index (κ1) is 65.8. The lowest BCUT2D eigenvalue weighted by atomic mass is 9.93. The van der Waals surface area contributed by atoms with E-state index in [1.54, 1.807) is 0 Å². The molecule has 0 aliphatic rings. The van der Waals surface area contributed by atoms with Gasteiger partial charge in [-0.15, -0.1) is 47.0 Å². The molecule has 0 amide bonds. The molecule has 0 fully saturated rings. The number of esters is 1. The number of carbonyl (C=O) groups excluding carboxylic acids is 1. The van der Waals surface area contributed by atoms with Gasteiger partial charge in [0.2, 0.25) is 0 Å². The third-order valence-corrected chi connectivity index (χ3v) is 21.3. The normalized spacial score (nSPS) is 15.4. The van der Waals surface area contributed by atoms with E-state index >= 15 is 4.79 Å². The third-order valence-electron chi connectivity index (χ3n) is 13.5. The zero-order valence-electron chi connectivity index (χ0n) is 44.5. The van der Waals surface area contributed by atoms with E-state index in [0.29, 0.717) is 21.0 Å². The summed E-state index contributed by atoms with van der Waals surface area (Å²) in [6.07, 6.45) is 43.5. The van der Waals surface area contributed by atoms with Crippen molar-refractivity contribution in [3.8, 4) is 0 Å². The number of aliphatic hydroxyl groups excluding tert-OH is 3. The first-order chi connectivity index (χ1) is 31.7. The molecule has 0 saturated carbocycles. The maximum atomic E-state index is 16.1. The Morgan fingerprint density at radius 1 is 0.385 bits per heavy atom. The molecule has 0 rings (SSSR count). The number of hydrogen-bond acceptors (Lipinski definition) is 9. The highest BCUT2D eigenvalue weighted by atomic mass is 32.2. The second-order valence-corrected chi connectivity index (χ2v) is 26.4. The zero-order valence-corrected chi connectivity index (χ0v) is 47.7. The Morgan fingerprint density at radius 3 is 0.892 bits per heavy atom. The molecule has 0 radical (unpaired) electrons. The first-order valence-corrected chi connectivity index (χ1v) is 32.0. The molecule has 0 saturated heterocycles. The van der Waals surface area contributed by atoms with Crippen LogP contribution in [0.5, 0.6) is 0 Å². The van der Waals surface area contributed by atoms with Crippen LogP contribution < -0.4 is 0 Å². The van der Waals surface area contributed by atoms with Crippen molar-refractivity contribution in [3.63, 3.8) is 0 Å². The smallest absolute Gasteiger partial charge is 0.334 e. The fraction of sp³-hybridized carbons (Fsp3) is 0.982. The van der Waals surface area contributed by atoms with Crippen molar-refractivity contribution in [2.24, 2.45) is 5.41 Å². The summed E-state index contributed by atoms with van der Waals surface area (Å²) < 4.78 is 5.77. The van der Waals surface area contributed by atoms with E-state index in [4.69, 9.17) is 4.74 Å². The fourth-order valence-electron chi connectivity index (χ4n) is 8.76. The lowest BCUT2D eigenvalue weighted by Crippen LogP contribution is -2.48. The van der Waals surface area contributed by atoms with E-state index in [1.807, 2.05) is 23.5 Å². The highest BCUT2D eigenvalue weighted by Crippen LogP contribution is 2.58. The Hall–Kier alpha value is 0.750. The van der Waals surface area contributed by atoms with Gasteiger partial charge in [0.1, 0.15) is 6.61 Å². The summed E-state index contributed by atoms with van der Waals surface area (Å²) in [5, 5.41) is 33.3. The van der Waals surface area contributed by atoms with Crippen molar-refractivity contribution in [2.75, 3.05) is 26.4 Å². The molecular formula is C56H112O5S4. The third kappa shape index (κ3) is 31.7. The van der Waals surface area contributed by atoms with Gasteiger partial charge in [0.05, 0.1) is 29.8 Å². The number of ether oxygens (including phenoxy) is 1. The van der Waals surface area contributed by atoms with E-state index in [2.05, 4.69) is 78.9 Å². The van der Waals surface area contributed by atoms with Gasteiger partial charge in [-0.05, 0) is 51.4 Å². The lowest BCUT2D eigenvalue weighted by Gasteiger charge is -2.44. The van der Waals surface area contributed by atoms with Crippen molar-refractivity contribution in [1.82, 2.24) is 0 Å². The summed E-state index contributed by atoms with van der Waals surface area (Å²) >= 11 is 8.37. The highest BCUT2D eigenvalue weighted by molar-refractivity contribution is 8.25. The van der Waals surface area contributed by atoms with E-state index in [1.165, 1.54) is 205 Å². The second kappa shape index (κ2) is 45.9. The molecule has 5 nitrogen and oxygen atoms in total.